The second-order valence-electron chi connectivity index (χ2n) is 6.22. The highest BCUT2D eigenvalue weighted by Crippen LogP contribution is 2.34. The van der Waals surface area contributed by atoms with E-state index in [0.29, 0.717) is 17.3 Å². The van der Waals surface area contributed by atoms with Gasteiger partial charge in [0.25, 0.3) is 0 Å². The van der Waals surface area contributed by atoms with Crippen LogP contribution in [0.2, 0.25) is 0 Å². The van der Waals surface area contributed by atoms with Gasteiger partial charge in [0.15, 0.2) is 5.11 Å². The quantitative estimate of drug-likeness (QED) is 0.660. The lowest BCUT2D eigenvalue weighted by Gasteiger charge is -2.37. The van der Waals surface area contributed by atoms with Crippen LogP contribution in [-0.2, 0) is 16.6 Å². The summed E-state index contributed by atoms with van der Waals surface area (Å²) in [7, 11) is 1.84. The van der Waals surface area contributed by atoms with E-state index in [4.69, 9.17) is 17.0 Å². The lowest BCUT2D eigenvalue weighted by molar-refractivity contribution is -0.139. The molecule has 0 saturated heterocycles. The van der Waals surface area contributed by atoms with E-state index in [1.807, 2.05) is 56.3 Å². The first-order chi connectivity index (χ1) is 12.4. The van der Waals surface area contributed by atoms with E-state index in [2.05, 4.69) is 10.4 Å². The Morgan fingerprint density at radius 2 is 2.15 bits per heavy atom. The molecular formula is C19H22N4O2S. The molecule has 0 saturated carbocycles. The van der Waals surface area contributed by atoms with Crippen LogP contribution in [0.3, 0.4) is 0 Å². The standard InChI is InChI=1S/C19H22N4O2S/c1-5-25-18(24)16-13(3)23(15-8-6-7-12(2)9-15)19(26)21-17(16)14-10-20-22(4)11-14/h6-11,17H,5H2,1-4H3,(H,21,26). The Hall–Kier alpha value is -2.67. The molecule has 2 heterocycles. The SMILES string of the molecule is CCOC(=O)C1=C(C)N(c2cccc(C)c2)C(=S)NC1c1cnn(C)c1. The van der Waals surface area contributed by atoms with Crippen LogP contribution in [-0.4, -0.2) is 27.5 Å². The summed E-state index contributed by atoms with van der Waals surface area (Å²) in [5.74, 6) is -0.355. The van der Waals surface area contributed by atoms with E-state index < -0.39 is 6.04 Å². The van der Waals surface area contributed by atoms with E-state index in [9.17, 15) is 4.79 Å². The van der Waals surface area contributed by atoms with Gasteiger partial charge < -0.3 is 10.1 Å². The molecule has 1 aromatic heterocycles. The first-order valence-corrected chi connectivity index (χ1v) is 8.87. The van der Waals surface area contributed by atoms with Crippen molar-refractivity contribution >= 4 is 29.0 Å². The summed E-state index contributed by atoms with van der Waals surface area (Å²) >= 11 is 5.62. The van der Waals surface area contributed by atoms with E-state index >= 15 is 0 Å². The van der Waals surface area contributed by atoms with Crippen LogP contribution in [0.25, 0.3) is 0 Å². The highest BCUT2D eigenvalue weighted by atomic mass is 32.1. The fraction of sp³-hybridized carbons (Fsp3) is 0.316. The normalized spacial score (nSPS) is 17.3. The Morgan fingerprint density at radius 3 is 2.77 bits per heavy atom. The van der Waals surface area contributed by atoms with Crippen molar-refractivity contribution in [3.05, 3.63) is 59.1 Å². The number of carbonyl (C=O) groups is 1. The van der Waals surface area contributed by atoms with Crippen molar-refractivity contribution in [2.75, 3.05) is 11.5 Å². The average Bonchev–Trinajstić information content (AvgIpc) is 3.01. The molecule has 1 aliphatic rings. The van der Waals surface area contributed by atoms with Gasteiger partial charge in [0.05, 0.1) is 24.4 Å². The number of thiocarbonyl (C=S) groups is 1. The fourth-order valence-corrected chi connectivity index (χ4v) is 3.49. The first kappa shape index (κ1) is 18.1. The number of nitrogens with zero attached hydrogens (tertiary/aromatic N) is 3. The molecule has 6 nitrogen and oxygen atoms in total. The number of hydrogen-bond acceptors (Lipinski definition) is 4. The Morgan fingerprint density at radius 1 is 1.38 bits per heavy atom. The number of ether oxygens (including phenoxy) is 1. The minimum atomic E-state index is -0.392. The van der Waals surface area contributed by atoms with E-state index in [-0.39, 0.29) is 5.97 Å². The Balaban J connectivity index is 2.13. The highest BCUT2D eigenvalue weighted by molar-refractivity contribution is 7.80. The number of hydrogen-bond donors (Lipinski definition) is 1. The maximum atomic E-state index is 12.7. The molecule has 1 aliphatic heterocycles. The van der Waals surface area contributed by atoms with Gasteiger partial charge in [0, 0.05) is 30.2 Å². The van der Waals surface area contributed by atoms with E-state index in [1.54, 1.807) is 17.8 Å². The van der Waals surface area contributed by atoms with Gasteiger partial charge in [-0.2, -0.15) is 5.10 Å². The number of nitrogens with one attached hydrogen (secondary N) is 1. The van der Waals surface area contributed by atoms with Crippen molar-refractivity contribution in [1.29, 1.82) is 0 Å². The lowest BCUT2D eigenvalue weighted by atomic mass is 9.97. The van der Waals surface area contributed by atoms with Crippen molar-refractivity contribution in [3.63, 3.8) is 0 Å². The van der Waals surface area contributed by atoms with Crippen molar-refractivity contribution in [2.45, 2.75) is 26.8 Å². The smallest absolute Gasteiger partial charge is 0.338 e. The van der Waals surface area contributed by atoms with Gasteiger partial charge in [-0.15, -0.1) is 0 Å². The van der Waals surface area contributed by atoms with Gasteiger partial charge in [0.1, 0.15) is 0 Å². The zero-order valence-electron chi connectivity index (χ0n) is 15.3. The summed E-state index contributed by atoms with van der Waals surface area (Å²) < 4.78 is 7.02. The third-order valence-electron chi connectivity index (χ3n) is 4.30. The van der Waals surface area contributed by atoms with E-state index in [1.165, 1.54) is 0 Å². The number of aryl methyl sites for hydroxylation is 2. The predicted octanol–water partition coefficient (Wildman–Crippen LogP) is 3.00. The summed E-state index contributed by atoms with van der Waals surface area (Å²) in [4.78, 5) is 14.6. The van der Waals surface area contributed by atoms with Crippen LogP contribution in [0.5, 0.6) is 0 Å². The third kappa shape index (κ3) is 3.35. The molecule has 0 fully saturated rings. The maximum absolute atomic E-state index is 12.7. The molecule has 1 aromatic carbocycles. The number of allylic oxidation sites excluding steroid dienone is 1. The summed E-state index contributed by atoms with van der Waals surface area (Å²) in [6.45, 7) is 6.02. The summed E-state index contributed by atoms with van der Waals surface area (Å²) in [5.41, 5.74) is 4.18. The number of aromatic nitrogens is 2. The molecule has 0 bridgehead atoms. The van der Waals surface area contributed by atoms with Gasteiger partial charge in [-0.05, 0) is 50.7 Å². The van der Waals surface area contributed by atoms with Crippen molar-refractivity contribution in [1.82, 2.24) is 15.1 Å². The number of benzene rings is 1. The zero-order valence-corrected chi connectivity index (χ0v) is 16.1. The van der Waals surface area contributed by atoms with Gasteiger partial charge in [-0.25, -0.2) is 4.79 Å². The maximum Gasteiger partial charge on any atom is 0.338 e. The van der Waals surface area contributed by atoms with Gasteiger partial charge in [0.2, 0.25) is 0 Å². The molecular weight excluding hydrogens is 348 g/mol. The van der Waals surface area contributed by atoms with Gasteiger partial charge in [-0.3, -0.25) is 9.58 Å². The largest absolute Gasteiger partial charge is 0.463 e. The molecule has 0 radical (unpaired) electrons. The number of esters is 1. The molecule has 0 amide bonds. The monoisotopic (exact) mass is 370 g/mol. The second kappa shape index (κ2) is 7.29. The summed E-state index contributed by atoms with van der Waals surface area (Å²) in [6.07, 6.45) is 3.60. The fourth-order valence-electron chi connectivity index (χ4n) is 3.13. The molecule has 1 unspecified atom stereocenters. The number of anilines is 1. The molecule has 1 N–H and O–H groups in total. The molecule has 3 rings (SSSR count). The van der Waals surface area contributed by atoms with E-state index in [0.717, 1.165) is 22.5 Å². The van der Waals surface area contributed by atoms with Crippen molar-refractivity contribution < 1.29 is 9.53 Å². The minimum Gasteiger partial charge on any atom is -0.463 e. The van der Waals surface area contributed by atoms with Crippen LogP contribution < -0.4 is 10.2 Å². The topological polar surface area (TPSA) is 59.4 Å². The molecule has 1 atom stereocenters. The summed E-state index contributed by atoms with van der Waals surface area (Å²) in [6, 6.07) is 7.60. The van der Waals surface area contributed by atoms with Crippen molar-refractivity contribution in [3.8, 4) is 0 Å². The number of rotatable bonds is 4. The second-order valence-corrected chi connectivity index (χ2v) is 6.61. The van der Waals surface area contributed by atoms with Crippen LogP contribution in [0.1, 0.15) is 31.0 Å². The lowest BCUT2D eigenvalue weighted by Crippen LogP contribution is -2.48. The molecule has 26 heavy (non-hydrogen) atoms. The first-order valence-electron chi connectivity index (χ1n) is 8.46. The Kier molecular flexibility index (Phi) is 5.08. The molecule has 7 heteroatoms. The van der Waals surface area contributed by atoms with Gasteiger partial charge in [-0.1, -0.05) is 12.1 Å². The molecule has 136 valence electrons. The third-order valence-corrected chi connectivity index (χ3v) is 4.60. The molecule has 0 aliphatic carbocycles. The van der Waals surface area contributed by atoms with Crippen LogP contribution >= 0.6 is 12.2 Å². The zero-order chi connectivity index (χ0) is 18.8. The Bertz CT molecular complexity index is 887. The average molecular weight is 370 g/mol. The van der Waals surface area contributed by atoms with Crippen LogP contribution in [0.4, 0.5) is 5.69 Å². The van der Waals surface area contributed by atoms with Crippen molar-refractivity contribution in [2.24, 2.45) is 7.05 Å². The van der Waals surface area contributed by atoms with Crippen LogP contribution in [0.15, 0.2) is 47.9 Å². The summed E-state index contributed by atoms with van der Waals surface area (Å²) in [5, 5.41) is 8.03. The molecule has 0 spiro atoms. The Labute approximate surface area is 158 Å². The minimum absolute atomic E-state index is 0.310. The highest BCUT2D eigenvalue weighted by Gasteiger charge is 2.36. The van der Waals surface area contributed by atoms with Gasteiger partial charge >= 0.3 is 5.97 Å². The van der Waals surface area contributed by atoms with Crippen LogP contribution in [0, 0.1) is 6.92 Å². The number of carbonyl (C=O) groups excluding carboxylic acids is 1. The molecule has 2 aromatic rings. The predicted molar refractivity (Wildman–Crippen MR) is 105 cm³/mol.